The second kappa shape index (κ2) is 8.92. The van der Waals surface area contributed by atoms with Crippen LogP contribution >= 0.6 is 22.9 Å². The molecule has 0 saturated heterocycles. The van der Waals surface area contributed by atoms with E-state index in [2.05, 4.69) is 10.3 Å². The van der Waals surface area contributed by atoms with Crippen LogP contribution in [0.1, 0.15) is 17.3 Å². The Morgan fingerprint density at radius 3 is 2.57 bits per heavy atom. The molecule has 0 fully saturated rings. The molecule has 0 aliphatic carbocycles. The highest BCUT2D eigenvalue weighted by molar-refractivity contribution is 7.89. The van der Waals surface area contributed by atoms with Gasteiger partial charge in [0.15, 0.2) is 11.2 Å². The number of hydrogen-bond acceptors (Lipinski definition) is 7. The van der Waals surface area contributed by atoms with Gasteiger partial charge in [-0.15, -0.1) is 11.3 Å². The standard InChI is InChI=1S/C19H16ClN3O5S2/c1-11(28-18(25)14-9-13(30(21,26)27)7-8-15(14)20)17(24)23-19-22-16(10-29-19)12-5-3-2-4-6-12/h2-11H,1H3,(H2,21,26,27)(H,22,23,24). The summed E-state index contributed by atoms with van der Waals surface area (Å²) < 4.78 is 28.1. The number of anilines is 1. The van der Waals surface area contributed by atoms with Crippen LogP contribution in [0, 0.1) is 0 Å². The third-order valence-electron chi connectivity index (χ3n) is 3.94. The second-order valence-corrected chi connectivity index (χ2v) is 8.95. The highest BCUT2D eigenvalue weighted by atomic mass is 35.5. The van der Waals surface area contributed by atoms with E-state index in [1.807, 2.05) is 30.3 Å². The number of carbonyl (C=O) groups excluding carboxylic acids is 2. The van der Waals surface area contributed by atoms with Gasteiger partial charge < -0.3 is 4.74 Å². The van der Waals surface area contributed by atoms with Crippen LogP contribution in [-0.2, 0) is 19.6 Å². The predicted molar refractivity (Wildman–Crippen MR) is 114 cm³/mol. The fraction of sp³-hybridized carbons (Fsp3) is 0.105. The number of benzene rings is 2. The number of nitrogens with two attached hydrogens (primary N) is 1. The normalized spacial score (nSPS) is 12.2. The summed E-state index contributed by atoms with van der Waals surface area (Å²) in [5.74, 6) is -1.56. The number of carbonyl (C=O) groups is 2. The van der Waals surface area contributed by atoms with Crippen molar-refractivity contribution < 1.29 is 22.7 Å². The Kier molecular flexibility index (Phi) is 6.52. The monoisotopic (exact) mass is 465 g/mol. The summed E-state index contributed by atoms with van der Waals surface area (Å²) in [5.41, 5.74) is 1.38. The lowest BCUT2D eigenvalue weighted by atomic mass is 10.2. The number of hydrogen-bond donors (Lipinski definition) is 2. The van der Waals surface area contributed by atoms with Gasteiger partial charge >= 0.3 is 5.97 Å². The SMILES string of the molecule is CC(OC(=O)c1cc(S(N)(=O)=O)ccc1Cl)C(=O)Nc1nc(-c2ccccc2)cs1. The van der Waals surface area contributed by atoms with Gasteiger partial charge in [-0.25, -0.2) is 23.3 Å². The van der Waals surface area contributed by atoms with E-state index in [-0.39, 0.29) is 15.5 Å². The predicted octanol–water partition coefficient (Wildman–Crippen LogP) is 3.29. The molecule has 0 aliphatic heterocycles. The molecule has 0 bridgehead atoms. The Labute approximate surface area is 181 Å². The molecule has 30 heavy (non-hydrogen) atoms. The molecule has 1 unspecified atom stereocenters. The zero-order valence-electron chi connectivity index (χ0n) is 15.5. The van der Waals surface area contributed by atoms with E-state index in [9.17, 15) is 18.0 Å². The Bertz CT molecular complexity index is 1200. The molecular weight excluding hydrogens is 450 g/mol. The van der Waals surface area contributed by atoms with Crippen molar-refractivity contribution in [2.75, 3.05) is 5.32 Å². The molecule has 3 aromatic rings. The van der Waals surface area contributed by atoms with Crippen molar-refractivity contribution in [2.45, 2.75) is 17.9 Å². The number of sulfonamides is 1. The average molecular weight is 466 g/mol. The molecule has 1 amide bonds. The van der Waals surface area contributed by atoms with Gasteiger partial charge in [-0.1, -0.05) is 41.9 Å². The van der Waals surface area contributed by atoms with E-state index in [0.29, 0.717) is 10.8 Å². The maximum Gasteiger partial charge on any atom is 0.340 e. The number of rotatable bonds is 6. The Hall–Kier alpha value is -2.79. The van der Waals surface area contributed by atoms with E-state index >= 15 is 0 Å². The van der Waals surface area contributed by atoms with Crippen LogP contribution in [0.2, 0.25) is 5.02 Å². The molecule has 156 valence electrons. The van der Waals surface area contributed by atoms with Crippen LogP contribution in [0.4, 0.5) is 5.13 Å². The summed E-state index contributed by atoms with van der Waals surface area (Å²) in [6.07, 6.45) is -1.18. The first-order chi connectivity index (χ1) is 14.1. The lowest BCUT2D eigenvalue weighted by Gasteiger charge is -2.13. The minimum atomic E-state index is -4.03. The summed E-state index contributed by atoms with van der Waals surface area (Å²) in [6.45, 7) is 1.37. The molecule has 0 saturated carbocycles. The number of ether oxygens (including phenoxy) is 1. The van der Waals surface area contributed by atoms with Crippen LogP contribution < -0.4 is 10.5 Å². The van der Waals surface area contributed by atoms with Gasteiger partial charge in [-0.05, 0) is 25.1 Å². The van der Waals surface area contributed by atoms with Crippen molar-refractivity contribution in [3.63, 3.8) is 0 Å². The topological polar surface area (TPSA) is 128 Å². The van der Waals surface area contributed by atoms with Gasteiger partial charge in [-0.3, -0.25) is 10.1 Å². The summed E-state index contributed by atoms with van der Waals surface area (Å²) in [5, 5.41) is 9.74. The molecule has 11 heteroatoms. The first-order valence-electron chi connectivity index (χ1n) is 8.50. The van der Waals surface area contributed by atoms with Crippen LogP contribution in [0.15, 0.2) is 58.8 Å². The second-order valence-electron chi connectivity index (χ2n) is 6.13. The van der Waals surface area contributed by atoms with E-state index in [4.69, 9.17) is 21.5 Å². The zero-order chi connectivity index (χ0) is 21.9. The van der Waals surface area contributed by atoms with Gasteiger partial charge in [0.1, 0.15) is 0 Å². The van der Waals surface area contributed by atoms with Crippen molar-refractivity contribution in [3.05, 3.63) is 64.5 Å². The highest BCUT2D eigenvalue weighted by Crippen LogP contribution is 2.25. The van der Waals surface area contributed by atoms with Gasteiger partial charge in [-0.2, -0.15) is 0 Å². The minimum absolute atomic E-state index is 0.0348. The maximum atomic E-state index is 12.4. The summed E-state index contributed by atoms with van der Waals surface area (Å²) in [6, 6.07) is 12.8. The molecule has 1 atom stereocenters. The van der Waals surface area contributed by atoms with Crippen LogP contribution in [0.25, 0.3) is 11.3 Å². The van der Waals surface area contributed by atoms with E-state index in [1.165, 1.54) is 24.3 Å². The zero-order valence-corrected chi connectivity index (χ0v) is 17.9. The summed E-state index contributed by atoms with van der Waals surface area (Å²) in [4.78, 5) is 28.8. The number of nitrogens with zero attached hydrogens (tertiary/aromatic N) is 1. The van der Waals surface area contributed by atoms with Gasteiger partial charge in [0.05, 0.1) is 21.2 Å². The molecule has 8 nitrogen and oxygen atoms in total. The molecule has 0 radical (unpaired) electrons. The Morgan fingerprint density at radius 1 is 1.20 bits per heavy atom. The number of amides is 1. The molecule has 3 N–H and O–H groups in total. The lowest BCUT2D eigenvalue weighted by molar-refractivity contribution is -0.123. The Morgan fingerprint density at radius 2 is 1.90 bits per heavy atom. The first kappa shape index (κ1) is 21.9. The highest BCUT2D eigenvalue weighted by Gasteiger charge is 2.23. The first-order valence-corrected chi connectivity index (χ1v) is 11.3. The number of esters is 1. The van der Waals surface area contributed by atoms with Crippen molar-refractivity contribution in [1.82, 2.24) is 4.98 Å². The van der Waals surface area contributed by atoms with Crippen LogP contribution in [-0.4, -0.2) is 31.4 Å². The summed E-state index contributed by atoms with van der Waals surface area (Å²) in [7, 11) is -4.03. The van der Waals surface area contributed by atoms with E-state index in [0.717, 1.165) is 17.7 Å². The number of primary sulfonamides is 1. The molecule has 2 aromatic carbocycles. The summed E-state index contributed by atoms with van der Waals surface area (Å²) >= 11 is 7.18. The van der Waals surface area contributed by atoms with Gasteiger partial charge in [0.25, 0.3) is 5.91 Å². The molecule has 0 aliphatic rings. The Balaban J connectivity index is 1.68. The largest absolute Gasteiger partial charge is 0.449 e. The fourth-order valence-corrected chi connectivity index (χ4v) is 3.85. The molecule has 0 spiro atoms. The molecular formula is C19H16ClN3O5S2. The van der Waals surface area contributed by atoms with E-state index in [1.54, 1.807) is 5.38 Å². The third-order valence-corrected chi connectivity index (χ3v) is 5.94. The van der Waals surface area contributed by atoms with Crippen LogP contribution in [0.5, 0.6) is 0 Å². The smallest absolute Gasteiger partial charge is 0.340 e. The number of thiazole rings is 1. The maximum absolute atomic E-state index is 12.4. The third kappa shape index (κ3) is 5.22. The fourth-order valence-electron chi connectivity index (χ4n) is 2.40. The van der Waals surface area contributed by atoms with Gasteiger partial charge in [0.2, 0.25) is 10.0 Å². The van der Waals surface area contributed by atoms with Crippen molar-refractivity contribution in [2.24, 2.45) is 5.14 Å². The quantitative estimate of drug-likeness (QED) is 0.537. The molecule has 1 aromatic heterocycles. The van der Waals surface area contributed by atoms with Gasteiger partial charge in [0, 0.05) is 10.9 Å². The molecule has 3 rings (SSSR count). The van der Waals surface area contributed by atoms with Crippen molar-refractivity contribution >= 4 is 50.0 Å². The minimum Gasteiger partial charge on any atom is -0.449 e. The number of nitrogens with one attached hydrogen (secondary N) is 1. The van der Waals surface area contributed by atoms with Crippen LogP contribution in [0.3, 0.4) is 0 Å². The number of aromatic nitrogens is 1. The average Bonchev–Trinajstić information content (AvgIpc) is 3.16. The number of halogens is 1. The van der Waals surface area contributed by atoms with Crippen molar-refractivity contribution in [1.29, 1.82) is 0 Å². The molecule has 1 heterocycles. The van der Waals surface area contributed by atoms with Crippen molar-refractivity contribution in [3.8, 4) is 11.3 Å². The van der Waals surface area contributed by atoms with E-state index < -0.39 is 28.0 Å². The lowest BCUT2D eigenvalue weighted by Crippen LogP contribution is -2.30.